The largest absolute Gasteiger partial charge is 0.497 e. The van der Waals surface area contributed by atoms with Gasteiger partial charge in [-0.1, -0.05) is 12.1 Å². The van der Waals surface area contributed by atoms with Gasteiger partial charge in [0.05, 0.1) is 12.4 Å². The molecular formula is C16H24N2O3S. The van der Waals surface area contributed by atoms with Crippen LogP contribution >= 0.6 is 0 Å². The lowest BCUT2D eigenvalue weighted by Crippen LogP contribution is -2.36. The molecule has 0 bridgehead atoms. The van der Waals surface area contributed by atoms with Crippen molar-refractivity contribution in [1.82, 2.24) is 9.21 Å². The Kier molecular flexibility index (Phi) is 4.18. The average Bonchev–Trinajstić information content (AvgIpc) is 3.26. The highest BCUT2D eigenvalue weighted by atomic mass is 32.2. The van der Waals surface area contributed by atoms with Gasteiger partial charge in [-0.05, 0) is 44.6 Å². The van der Waals surface area contributed by atoms with Crippen LogP contribution in [0.3, 0.4) is 0 Å². The topological polar surface area (TPSA) is 49.9 Å². The summed E-state index contributed by atoms with van der Waals surface area (Å²) in [5.74, 6) is 0.997. The predicted molar refractivity (Wildman–Crippen MR) is 86.7 cm³/mol. The number of hydrogen-bond acceptors (Lipinski definition) is 4. The molecule has 6 heteroatoms. The molecule has 0 N–H and O–H groups in total. The van der Waals surface area contributed by atoms with E-state index in [1.54, 1.807) is 11.4 Å². The van der Waals surface area contributed by atoms with Gasteiger partial charge in [0.2, 0.25) is 10.0 Å². The minimum absolute atomic E-state index is 0.139. The van der Waals surface area contributed by atoms with Crippen molar-refractivity contribution in [2.75, 3.05) is 34.3 Å². The third kappa shape index (κ3) is 2.87. The molecule has 1 saturated heterocycles. The molecule has 1 aromatic rings. The second-order valence-corrected chi connectivity index (χ2v) is 8.69. The predicted octanol–water partition coefficient (Wildman–Crippen LogP) is 1.52. The van der Waals surface area contributed by atoms with Gasteiger partial charge in [0.1, 0.15) is 5.75 Å². The molecule has 122 valence electrons. The van der Waals surface area contributed by atoms with Crippen molar-refractivity contribution in [2.24, 2.45) is 0 Å². The lowest BCUT2D eigenvalue weighted by molar-refractivity contribution is 0.284. The van der Waals surface area contributed by atoms with Gasteiger partial charge in [-0.25, -0.2) is 8.42 Å². The zero-order chi connectivity index (χ0) is 15.9. The highest BCUT2D eigenvalue weighted by Gasteiger charge is 2.46. The first kappa shape index (κ1) is 15.8. The zero-order valence-electron chi connectivity index (χ0n) is 13.4. The van der Waals surface area contributed by atoms with Crippen molar-refractivity contribution >= 4 is 10.0 Å². The number of ether oxygens (including phenoxy) is 1. The summed E-state index contributed by atoms with van der Waals surface area (Å²) >= 11 is 0. The highest BCUT2D eigenvalue weighted by molar-refractivity contribution is 7.90. The fourth-order valence-electron chi connectivity index (χ4n) is 3.26. The lowest BCUT2D eigenvalue weighted by Gasteiger charge is -2.25. The first-order valence-electron chi connectivity index (χ1n) is 7.73. The third-order valence-corrected chi connectivity index (χ3v) is 7.08. The Labute approximate surface area is 132 Å². The molecule has 0 unspecified atom stereocenters. The van der Waals surface area contributed by atoms with Gasteiger partial charge in [0, 0.05) is 25.0 Å². The van der Waals surface area contributed by atoms with E-state index >= 15 is 0 Å². The number of methoxy groups -OCH3 is 1. The summed E-state index contributed by atoms with van der Waals surface area (Å²) in [6.45, 7) is 1.14. The number of likely N-dealkylation sites (N-methyl/N-ethyl adjacent to an activating group) is 1. The summed E-state index contributed by atoms with van der Waals surface area (Å²) in [4.78, 5) is 2.13. The van der Waals surface area contributed by atoms with Gasteiger partial charge < -0.3 is 9.64 Å². The Morgan fingerprint density at radius 1 is 1.23 bits per heavy atom. The van der Waals surface area contributed by atoms with Crippen molar-refractivity contribution in [1.29, 1.82) is 0 Å². The van der Waals surface area contributed by atoms with Crippen molar-refractivity contribution < 1.29 is 13.2 Å². The third-order valence-electron chi connectivity index (χ3n) is 4.75. The lowest BCUT2D eigenvalue weighted by atomic mass is 9.93. The van der Waals surface area contributed by atoms with Crippen LogP contribution in [0.4, 0.5) is 0 Å². The van der Waals surface area contributed by atoms with E-state index in [2.05, 4.69) is 11.0 Å². The van der Waals surface area contributed by atoms with Gasteiger partial charge in [-0.15, -0.1) is 0 Å². The standard InChI is InChI=1S/C16H24N2O3S/c1-17(2)16-11-18(22(19,20)14-7-8-14)10-15(16)12-5-4-6-13(9-12)21-3/h4-6,9,14-16H,7-8,10-11H2,1-3H3/t15-,16+/m1/s1. The van der Waals surface area contributed by atoms with Crippen LogP contribution < -0.4 is 4.74 Å². The molecule has 0 radical (unpaired) electrons. The summed E-state index contributed by atoms with van der Waals surface area (Å²) in [5, 5.41) is -0.139. The Morgan fingerprint density at radius 3 is 2.55 bits per heavy atom. The highest BCUT2D eigenvalue weighted by Crippen LogP contribution is 2.38. The fraction of sp³-hybridized carbons (Fsp3) is 0.625. The molecule has 1 aliphatic carbocycles. The number of benzene rings is 1. The average molecular weight is 324 g/mol. The molecule has 3 rings (SSSR count). The van der Waals surface area contributed by atoms with Crippen LogP contribution in [0.5, 0.6) is 5.75 Å². The number of hydrogen-bond donors (Lipinski definition) is 0. The molecule has 1 aromatic carbocycles. The fourth-order valence-corrected chi connectivity index (χ4v) is 5.14. The molecule has 1 heterocycles. The van der Waals surface area contributed by atoms with E-state index in [0.29, 0.717) is 13.1 Å². The zero-order valence-corrected chi connectivity index (χ0v) is 14.2. The minimum atomic E-state index is -3.11. The van der Waals surface area contributed by atoms with E-state index < -0.39 is 10.0 Å². The van der Waals surface area contributed by atoms with Gasteiger partial charge in [-0.2, -0.15) is 4.31 Å². The van der Waals surface area contributed by atoms with E-state index in [9.17, 15) is 8.42 Å². The molecule has 22 heavy (non-hydrogen) atoms. The van der Waals surface area contributed by atoms with Gasteiger partial charge >= 0.3 is 0 Å². The summed E-state index contributed by atoms with van der Waals surface area (Å²) in [5.41, 5.74) is 1.14. The molecule has 1 saturated carbocycles. The molecule has 2 atom stereocenters. The maximum absolute atomic E-state index is 12.5. The van der Waals surface area contributed by atoms with E-state index in [0.717, 1.165) is 24.2 Å². The number of sulfonamides is 1. The van der Waals surface area contributed by atoms with E-state index in [-0.39, 0.29) is 17.2 Å². The van der Waals surface area contributed by atoms with Crippen LogP contribution in [-0.4, -0.2) is 63.2 Å². The molecule has 0 aromatic heterocycles. The molecule has 1 aliphatic heterocycles. The molecule has 0 amide bonds. The van der Waals surface area contributed by atoms with Crippen molar-refractivity contribution in [3.63, 3.8) is 0 Å². The quantitative estimate of drug-likeness (QED) is 0.824. The second-order valence-electron chi connectivity index (χ2n) is 6.48. The first-order chi connectivity index (χ1) is 10.4. The number of nitrogens with zero attached hydrogens (tertiary/aromatic N) is 2. The Hall–Kier alpha value is -1.11. The molecular weight excluding hydrogens is 300 g/mol. The first-order valence-corrected chi connectivity index (χ1v) is 9.23. The van der Waals surface area contributed by atoms with Crippen LogP contribution in [-0.2, 0) is 10.0 Å². The Morgan fingerprint density at radius 2 is 1.95 bits per heavy atom. The van der Waals surface area contributed by atoms with Crippen LogP contribution in [0.1, 0.15) is 24.3 Å². The van der Waals surface area contributed by atoms with E-state index in [1.807, 2.05) is 32.3 Å². The molecule has 2 fully saturated rings. The normalized spacial score (nSPS) is 26.5. The van der Waals surface area contributed by atoms with Crippen LogP contribution in [0.2, 0.25) is 0 Å². The SMILES string of the molecule is COc1cccc([C@H]2CN(S(=O)(=O)C3CC3)C[C@@H]2N(C)C)c1. The van der Waals surface area contributed by atoms with Crippen LogP contribution in [0.25, 0.3) is 0 Å². The van der Waals surface area contributed by atoms with Gasteiger partial charge in [-0.3, -0.25) is 0 Å². The van der Waals surface area contributed by atoms with Gasteiger partial charge in [0.15, 0.2) is 0 Å². The maximum atomic E-state index is 12.5. The second kappa shape index (κ2) is 5.83. The van der Waals surface area contributed by atoms with Gasteiger partial charge in [0.25, 0.3) is 0 Å². The summed E-state index contributed by atoms with van der Waals surface area (Å²) < 4.78 is 32.1. The molecule has 5 nitrogen and oxygen atoms in total. The monoisotopic (exact) mass is 324 g/mol. The summed E-state index contributed by atoms with van der Waals surface area (Å²) in [7, 11) is 2.58. The Balaban J connectivity index is 1.88. The van der Waals surface area contributed by atoms with Crippen molar-refractivity contribution in [3.05, 3.63) is 29.8 Å². The van der Waals surface area contributed by atoms with E-state index in [1.165, 1.54) is 0 Å². The molecule has 0 spiro atoms. The minimum Gasteiger partial charge on any atom is -0.497 e. The van der Waals surface area contributed by atoms with Crippen LogP contribution in [0, 0.1) is 0 Å². The van der Waals surface area contributed by atoms with E-state index in [4.69, 9.17) is 4.74 Å². The molecule has 2 aliphatic rings. The Bertz CT molecular complexity index is 641. The summed E-state index contributed by atoms with van der Waals surface area (Å²) in [6.07, 6.45) is 1.63. The number of rotatable bonds is 5. The smallest absolute Gasteiger partial charge is 0.217 e. The van der Waals surface area contributed by atoms with Crippen molar-refractivity contribution in [3.8, 4) is 5.75 Å². The maximum Gasteiger partial charge on any atom is 0.217 e. The van der Waals surface area contributed by atoms with Crippen molar-refractivity contribution in [2.45, 2.75) is 30.1 Å². The van der Waals surface area contributed by atoms with Crippen LogP contribution in [0.15, 0.2) is 24.3 Å². The summed E-state index contributed by atoms with van der Waals surface area (Å²) in [6, 6.07) is 8.17.